The summed E-state index contributed by atoms with van der Waals surface area (Å²) in [6.45, 7) is 0. The van der Waals surface area contributed by atoms with Crippen molar-refractivity contribution in [2.75, 3.05) is 0 Å². The molecule has 0 aromatic carbocycles. The van der Waals surface area contributed by atoms with Gasteiger partial charge in [0.05, 0.1) is 11.1 Å². The van der Waals surface area contributed by atoms with Crippen LogP contribution in [0, 0.1) is 0 Å². The first kappa shape index (κ1) is 10.5. The molecule has 2 unspecified atom stereocenters. The first-order valence-electron chi connectivity index (χ1n) is 3.93. The van der Waals surface area contributed by atoms with Crippen LogP contribution >= 0.6 is 0 Å². The zero-order valence-corrected chi connectivity index (χ0v) is 6.99. The third kappa shape index (κ3) is 1.75. The minimum atomic E-state index is -4.63. The van der Waals surface area contributed by atoms with Crippen LogP contribution in [0.4, 0.5) is 26.3 Å². The van der Waals surface area contributed by atoms with Crippen molar-refractivity contribution in [1.82, 2.24) is 0 Å². The highest BCUT2D eigenvalue weighted by Crippen LogP contribution is 2.48. The van der Waals surface area contributed by atoms with E-state index in [1.807, 2.05) is 0 Å². The number of fused-ring (bicyclic) bond motifs is 1. The van der Waals surface area contributed by atoms with Crippen LogP contribution in [-0.2, 0) is 4.74 Å². The molecule has 1 aliphatic carbocycles. The van der Waals surface area contributed by atoms with Crippen molar-refractivity contribution >= 4 is 0 Å². The standard InChI is InChI=1S/C8H4F6O/c9-7(10,11)3-1-2-4(8(12,13)14)6-5(3)15-6/h1-2,5-6H. The molecule has 7 heteroatoms. The van der Waals surface area contributed by atoms with Crippen molar-refractivity contribution in [3.05, 3.63) is 23.3 Å². The largest absolute Gasteiger partial charge is 0.415 e. The maximum atomic E-state index is 12.2. The van der Waals surface area contributed by atoms with Gasteiger partial charge in [-0.25, -0.2) is 0 Å². The highest BCUT2D eigenvalue weighted by Gasteiger charge is 2.59. The summed E-state index contributed by atoms with van der Waals surface area (Å²) in [5, 5.41) is 0. The summed E-state index contributed by atoms with van der Waals surface area (Å²) in [6.07, 6.45) is -11.4. The molecule has 15 heavy (non-hydrogen) atoms. The van der Waals surface area contributed by atoms with Crippen molar-refractivity contribution in [2.45, 2.75) is 24.6 Å². The van der Waals surface area contributed by atoms with Gasteiger partial charge in [0.1, 0.15) is 12.2 Å². The van der Waals surface area contributed by atoms with Gasteiger partial charge in [0.25, 0.3) is 0 Å². The van der Waals surface area contributed by atoms with Gasteiger partial charge in [0.2, 0.25) is 0 Å². The zero-order chi connectivity index (χ0) is 11.4. The molecule has 84 valence electrons. The predicted octanol–water partition coefficient (Wildman–Crippen LogP) is 2.74. The molecule has 0 spiro atoms. The zero-order valence-electron chi connectivity index (χ0n) is 6.99. The van der Waals surface area contributed by atoms with Crippen LogP contribution in [0.2, 0.25) is 0 Å². The van der Waals surface area contributed by atoms with Crippen LogP contribution in [-0.4, -0.2) is 24.6 Å². The van der Waals surface area contributed by atoms with Gasteiger partial charge in [-0.1, -0.05) is 12.2 Å². The van der Waals surface area contributed by atoms with E-state index in [9.17, 15) is 26.3 Å². The molecule has 0 aromatic rings. The SMILES string of the molecule is FC(F)(F)C1=CC=C(C(F)(F)F)C2OC12. The Morgan fingerprint density at radius 2 is 1.13 bits per heavy atom. The number of rotatable bonds is 0. The van der Waals surface area contributed by atoms with E-state index in [0.717, 1.165) is 0 Å². The molecule has 0 radical (unpaired) electrons. The smallest absolute Gasteiger partial charge is 0.359 e. The van der Waals surface area contributed by atoms with Crippen molar-refractivity contribution in [3.63, 3.8) is 0 Å². The summed E-state index contributed by atoms with van der Waals surface area (Å²) in [6, 6.07) is 0. The van der Waals surface area contributed by atoms with E-state index in [0.29, 0.717) is 12.2 Å². The Bertz CT molecular complexity index is 313. The Morgan fingerprint density at radius 3 is 1.40 bits per heavy atom. The van der Waals surface area contributed by atoms with Gasteiger partial charge in [0.15, 0.2) is 0 Å². The third-order valence-electron chi connectivity index (χ3n) is 2.20. The van der Waals surface area contributed by atoms with Gasteiger partial charge in [0, 0.05) is 0 Å². The molecule has 0 amide bonds. The van der Waals surface area contributed by atoms with Crippen LogP contribution in [0.25, 0.3) is 0 Å². The van der Waals surface area contributed by atoms with Crippen LogP contribution in [0.5, 0.6) is 0 Å². The molecule has 0 bridgehead atoms. The van der Waals surface area contributed by atoms with E-state index in [1.54, 1.807) is 0 Å². The molecule has 2 aliphatic rings. The molecule has 1 saturated heterocycles. The van der Waals surface area contributed by atoms with Crippen LogP contribution in [0.3, 0.4) is 0 Å². The summed E-state index contributed by atoms with van der Waals surface area (Å²) in [7, 11) is 0. The Kier molecular flexibility index (Phi) is 1.95. The van der Waals surface area contributed by atoms with Crippen LogP contribution < -0.4 is 0 Å². The topological polar surface area (TPSA) is 12.5 Å². The second kappa shape index (κ2) is 2.78. The molecular weight excluding hydrogens is 226 g/mol. The first-order valence-corrected chi connectivity index (χ1v) is 3.93. The number of hydrogen-bond acceptors (Lipinski definition) is 1. The predicted molar refractivity (Wildman–Crippen MR) is 36.9 cm³/mol. The second-order valence-electron chi connectivity index (χ2n) is 3.22. The molecular formula is C8H4F6O. The van der Waals surface area contributed by atoms with Crippen molar-refractivity contribution in [2.24, 2.45) is 0 Å². The fraction of sp³-hybridized carbons (Fsp3) is 0.500. The molecule has 0 N–H and O–H groups in total. The summed E-state index contributed by atoms with van der Waals surface area (Å²) in [5.41, 5.74) is -2.11. The Morgan fingerprint density at radius 1 is 0.800 bits per heavy atom. The number of epoxide rings is 1. The lowest BCUT2D eigenvalue weighted by atomic mass is 9.98. The second-order valence-corrected chi connectivity index (χ2v) is 3.22. The summed E-state index contributed by atoms with van der Waals surface area (Å²) < 4.78 is 77.5. The number of ether oxygens (including phenoxy) is 1. The van der Waals surface area contributed by atoms with Gasteiger partial charge in [-0.2, -0.15) is 26.3 Å². The quantitative estimate of drug-likeness (QED) is 0.460. The molecule has 1 aliphatic heterocycles. The van der Waals surface area contributed by atoms with Gasteiger partial charge in [-0.05, 0) is 0 Å². The lowest BCUT2D eigenvalue weighted by Crippen LogP contribution is -2.25. The average Bonchev–Trinajstić information content (AvgIpc) is 2.75. The highest BCUT2D eigenvalue weighted by atomic mass is 19.4. The minimum Gasteiger partial charge on any atom is -0.359 e. The lowest BCUT2D eigenvalue weighted by Gasteiger charge is -2.14. The normalized spacial score (nSPS) is 30.5. The van der Waals surface area contributed by atoms with Gasteiger partial charge in [-0.15, -0.1) is 0 Å². The summed E-state index contributed by atoms with van der Waals surface area (Å²) >= 11 is 0. The number of allylic oxidation sites excluding steroid dienone is 2. The van der Waals surface area contributed by atoms with Crippen LogP contribution in [0.1, 0.15) is 0 Å². The summed E-state index contributed by atoms with van der Waals surface area (Å²) in [5.74, 6) is 0. The Labute approximate surface area is 80.0 Å². The summed E-state index contributed by atoms with van der Waals surface area (Å²) in [4.78, 5) is 0. The fourth-order valence-corrected chi connectivity index (χ4v) is 1.47. The minimum absolute atomic E-state index is 0.428. The van der Waals surface area contributed by atoms with Crippen molar-refractivity contribution < 1.29 is 31.1 Å². The molecule has 1 heterocycles. The first-order chi connectivity index (χ1) is 6.71. The van der Waals surface area contributed by atoms with E-state index < -0.39 is 35.7 Å². The number of halogens is 6. The fourth-order valence-electron chi connectivity index (χ4n) is 1.47. The Balaban J connectivity index is 2.31. The van der Waals surface area contributed by atoms with Gasteiger partial charge >= 0.3 is 12.4 Å². The average molecular weight is 230 g/mol. The molecule has 2 rings (SSSR count). The van der Waals surface area contributed by atoms with E-state index in [2.05, 4.69) is 4.74 Å². The van der Waals surface area contributed by atoms with E-state index in [1.165, 1.54) is 0 Å². The molecule has 1 nitrogen and oxygen atoms in total. The van der Waals surface area contributed by atoms with E-state index in [-0.39, 0.29) is 0 Å². The number of alkyl halides is 6. The van der Waals surface area contributed by atoms with Crippen molar-refractivity contribution in [1.29, 1.82) is 0 Å². The molecule has 2 atom stereocenters. The van der Waals surface area contributed by atoms with Gasteiger partial charge < -0.3 is 4.74 Å². The van der Waals surface area contributed by atoms with Gasteiger partial charge in [-0.3, -0.25) is 0 Å². The number of hydrogen-bond donors (Lipinski definition) is 0. The maximum absolute atomic E-state index is 12.2. The third-order valence-corrected chi connectivity index (χ3v) is 2.20. The molecule has 0 aromatic heterocycles. The van der Waals surface area contributed by atoms with Crippen molar-refractivity contribution in [3.8, 4) is 0 Å². The van der Waals surface area contributed by atoms with Crippen LogP contribution in [0.15, 0.2) is 23.3 Å². The lowest BCUT2D eigenvalue weighted by molar-refractivity contribution is -0.0992. The van der Waals surface area contributed by atoms with E-state index in [4.69, 9.17) is 0 Å². The Hall–Kier alpha value is -0.980. The van der Waals surface area contributed by atoms with E-state index >= 15 is 0 Å². The highest BCUT2D eigenvalue weighted by molar-refractivity contribution is 5.41. The molecule has 0 saturated carbocycles. The monoisotopic (exact) mass is 230 g/mol. The molecule has 1 fully saturated rings. The maximum Gasteiger partial charge on any atom is 0.415 e.